The van der Waals surface area contributed by atoms with Crippen LogP contribution in [-0.2, 0) is 0 Å². The molecular weight excluding hydrogens is 426 g/mol. The van der Waals surface area contributed by atoms with Crippen LogP contribution in [0, 0.1) is 5.82 Å². The molecule has 2 aromatic carbocycles. The second kappa shape index (κ2) is 6.99. The van der Waals surface area contributed by atoms with Crippen LogP contribution in [-0.4, -0.2) is 14.2 Å². The van der Waals surface area contributed by atoms with Crippen molar-refractivity contribution < 1.29 is 13.9 Å². The molecule has 0 bridgehead atoms. The van der Waals surface area contributed by atoms with Crippen LogP contribution >= 0.6 is 43.5 Å². The van der Waals surface area contributed by atoms with E-state index in [0.717, 1.165) is 4.47 Å². The summed E-state index contributed by atoms with van der Waals surface area (Å²) in [6.45, 7) is 0. The summed E-state index contributed by atoms with van der Waals surface area (Å²) >= 11 is 13.0. The topological polar surface area (TPSA) is 18.5 Å². The van der Waals surface area contributed by atoms with E-state index in [1.165, 1.54) is 6.07 Å². The number of ether oxygens (including phenoxy) is 2. The number of rotatable bonds is 4. The van der Waals surface area contributed by atoms with Crippen LogP contribution in [0.3, 0.4) is 0 Å². The minimum absolute atomic E-state index is 0.360. The summed E-state index contributed by atoms with van der Waals surface area (Å²) in [5.74, 6) is 0.876. The highest BCUT2D eigenvalue weighted by Crippen LogP contribution is 2.41. The fourth-order valence-corrected chi connectivity index (χ4v) is 2.97. The van der Waals surface area contributed by atoms with Gasteiger partial charge in [0.15, 0.2) is 0 Å². The van der Waals surface area contributed by atoms with Crippen LogP contribution in [0.4, 0.5) is 4.39 Å². The molecule has 1 unspecified atom stereocenters. The molecule has 0 N–H and O–H groups in total. The summed E-state index contributed by atoms with van der Waals surface area (Å²) in [6, 6.07) is 8.34. The average molecular weight is 439 g/mol. The lowest BCUT2D eigenvalue weighted by Crippen LogP contribution is -2.00. The van der Waals surface area contributed by atoms with Gasteiger partial charge in [-0.25, -0.2) is 4.39 Å². The van der Waals surface area contributed by atoms with Gasteiger partial charge in [-0.3, -0.25) is 0 Å². The number of hydrogen-bond acceptors (Lipinski definition) is 2. The number of methoxy groups -OCH3 is 2. The second-order valence-electron chi connectivity index (χ2n) is 4.26. The maximum Gasteiger partial charge on any atom is 0.137 e. The summed E-state index contributed by atoms with van der Waals surface area (Å²) in [5, 5.41) is -0.551. The normalized spacial score (nSPS) is 12.1. The van der Waals surface area contributed by atoms with Crippen LogP contribution in [0.1, 0.15) is 16.5 Å². The largest absolute Gasteiger partial charge is 0.496 e. The van der Waals surface area contributed by atoms with Crippen molar-refractivity contribution in [3.8, 4) is 11.5 Å². The molecule has 2 nitrogen and oxygen atoms in total. The van der Waals surface area contributed by atoms with Gasteiger partial charge in [-0.15, -0.1) is 11.6 Å². The molecule has 21 heavy (non-hydrogen) atoms. The Hall–Kier alpha value is -0.780. The third kappa shape index (κ3) is 3.52. The van der Waals surface area contributed by atoms with E-state index in [4.69, 9.17) is 21.1 Å². The van der Waals surface area contributed by atoms with E-state index in [2.05, 4.69) is 31.9 Å². The SMILES string of the molecule is COc1cc(C(Cl)c2ccc(Br)c(F)c2)c(OC)cc1Br. The van der Waals surface area contributed by atoms with Crippen LogP contribution in [0.2, 0.25) is 0 Å². The molecule has 2 aromatic rings. The lowest BCUT2D eigenvalue weighted by atomic mass is 10.0. The van der Waals surface area contributed by atoms with Crippen molar-refractivity contribution >= 4 is 43.5 Å². The summed E-state index contributed by atoms with van der Waals surface area (Å²) in [6.07, 6.45) is 0. The van der Waals surface area contributed by atoms with Crippen LogP contribution < -0.4 is 9.47 Å². The van der Waals surface area contributed by atoms with Crippen LogP contribution in [0.25, 0.3) is 0 Å². The third-order valence-electron chi connectivity index (χ3n) is 3.01. The van der Waals surface area contributed by atoms with Gasteiger partial charge >= 0.3 is 0 Å². The Labute approximate surface area is 144 Å². The van der Waals surface area contributed by atoms with Crippen LogP contribution in [0.15, 0.2) is 39.3 Å². The van der Waals surface area contributed by atoms with E-state index < -0.39 is 5.38 Å². The molecule has 0 aliphatic carbocycles. The van der Waals surface area contributed by atoms with Gasteiger partial charge < -0.3 is 9.47 Å². The summed E-state index contributed by atoms with van der Waals surface area (Å²) < 4.78 is 25.5. The molecule has 0 fully saturated rings. The maximum absolute atomic E-state index is 13.7. The zero-order valence-corrected chi connectivity index (χ0v) is 15.2. The maximum atomic E-state index is 13.7. The predicted molar refractivity (Wildman–Crippen MR) is 89.0 cm³/mol. The zero-order chi connectivity index (χ0) is 15.6. The summed E-state index contributed by atoms with van der Waals surface area (Å²) in [4.78, 5) is 0. The Morgan fingerprint density at radius 2 is 1.67 bits per heavy atom. The van der Waals surface area contributed by atoms with Gasteiger partial charge in [0, 0.05) is 5.56 Å². The smallest absolute Gasteiger partial charge is 0.137 e. The molecule has 0 heterocycles. The van der Waals surface area contributed by atoms with Crippen molar-refractivity contribution in [2.24, 2.45) is 0 Å². The van der Waals surface area contributed by atoms with E-state index in [9.17, 15) is 4.39 Å². The number of alkyl halides is 1. The lowest BCUT2D eigenvalue weighted by molar-refractivity contribution is 0.397. The molecule has 1 atom stereocenters. The first-order valence-electron chi connectivity index (χ1n) is 5.98. The lowest BCUT2D eigenvalue weighted by Gasteiger charge is -2.17. The van der Waals surface area contributed by atoms with Gasteiger partial charge in [-0.2, -0.15) is 0 Å². The highest BCUT2D eigenvalue weighted by atomic mass is 79.9. The van der Waals surface area contributed by atoms with Gasteiger partial charge in [0.1, 0.15) is 17.3 Å². The molecule has 0 spiro atoms. The van der Waals surface area contributed by atoms with Gasteiger partial charge in [-0.1, -0.05) is 6.07 Å². The fraction of sp³-hybridized carbons (Fsp3) is 0.200. The second-order valence-corrected chi connectivity index (χ2v) is 6.41. The molecule has 2 rings (SSSR count). The standard InChI is InChI=1S/C15H12Br2ClFO2/c1-20-13-7-11(17)14(21-2)6-9(13)15(18)8-3-4-10(16)12(19)5-8/h3-7,15H,1-2H3. The molecule has 0 saturated heterocycles. The quantitative estimate of drug-likeness (QED) is 0.571. The molecule has 0 radical (unpaired) electrons. The molecule has 0 aromatic heterocycles. The Balaban J connectivity index is 2.50. The average Bonchev–Trinajstić information content (AvgIpc) is 2.49. The van der Waals surface area contributed by atoms with E-state index in [-0.39, 0.29) is 5.82 Å². The first-order chi connectivity index (χ1) is 9.97. The third-order valence-corrected chi connectivity index (χ3v) is 4.76. The first kappa shape index (κ1) is 16.6. The molecule has 0 amide bonds. The monoisotopic (exact) mass is 436 g/mol. The van der Waals surface area contributed by atoms with Crippen molar-refractivity contribution in [2.75, 3.05) is 14.2 Å². The molecule has 0 aliphatic heterocycles. The molecule has 0 saturated carbocycles. The number of hydrogen-bond donors (Lipinski definition) is 0. The van der Waals surface area contributed by atoms with Crippen molar-refractivity contribution in [1.82, 2.24) is 0 Å². The van der Waals surface area contributed by atoms with Gasteiger partial charge in [-0.05, 0) is 61.7 Å². The summed E-state index contributed by atoms with van der Waals surface area (Å²) in [7, 11) is 3.13. The molecule has 0 aliphatic rings. The predicted octanol–water partition coefficient (Wildman–Crippen LogP) is 5.70. The van der Waals surface area contributed by atoms with Gasteiger partial charge in [0.2, 0.25) is 0 Å². The molecule has 6 heteroatoms. The Morgan fingerprint density at radius 3 is 2.24 bits per heavy atom. The molecular formula is C15H12Br2ClFO2. The highest BCUT2D eigenvalue weighted by Gasteiger charge is 2.19. The minimum Gasteiger partial charge on any atom is -0.496 e. The first-order valence-corrected chi connectivity index (χ1v) is 8.00. The van der Waals surface area contributed by atoms with E-state index in [0.29, 0.717) is 27.1 Å². The van der Waals surface area contributed by atoms with E-state index >= 15 is 0 Å². The Morgan fingerprint density at radius 1 is 1.00 bits per heavy atom. The van der Waals surface area contributed by atoms with Crippen molar-refractivity contribution in [1.29, 1.82) is 0 Å². The van der Waals surface area contributed by atoms with Gasteiger partial charge in [0.05, 0.1) is 28.5 Å². The van der Waals surface area contributed by atoms with Crippen molar-refractivity contribution in [3.05, 3.63) is 56.2 Å². The Kier molecular flexibility index (Phi) is 5.52. The zero-order valence-electron chi connectivity index (χ0n) is 11.3. The number of halogens is 4. The van der Waals surface area contributed by atoms with E-state index in [1.807, 2.05) is 0 Å². The van der Waals surface area contributed by atoms with Crippen molar-refractivity contribution in [3.63, 3.8) is 0 Å². The van der Waals surface area contributed by atoms with Crippen LogP contribution in [0.5, 0.6) is 11.5 Å². The highest BCUT2D eigenvalue weighted by molar-refractivity contribution is 9.10. The van der Waals surface area contributed by atoms with Gasteiger partial charge in [0.25, 0.3) is 0 Å². The minimum atomic E-state index is -0.551. The van der Waals surface area contributed by atoms with Crippen molar-refractivity contribution in [2.45, 2.75) is 5.38 Å². The fourth-order valence-electron chi connectivity index (χ4n) is 1.93. The van der Waals surface area contributed by atoms with E-state index in [1.54, 1.807) is 38.5 Å². The number of benzene rings is 2. The summed E-state index contributed by atoms with van der Waals surface area (Å²) in [5.41, 5.74) is 1.35. The Bertz CT molecular complexity index is 664. The molecule has 112 valence electrons.